The molecule has 0 fully saturated rings. The Labute approximate surface area is 147 Å². The van der Waals surface area contributed by atoms with Crippen LogP contribution in [-0.2, 0) is 0 Å². The van der Waals surface area contributed by atoms with Gasteiger partial charge in [0.25, 0.3) is 5.82 Å². The molecule has 4 aromatic rings. The van der Waals surface area contributed by atoms with Gasteiger partial charge in [-0.15, -0.1) is 0 Å². The molecule has 0 aliphatic heterocycles. The van der Waals surface area contributed by atoms with Gasteiger partial charge >= 0.3 is 0 Å². The van der Waals surface area contributed by atoms with E-state index in [1.165, 1.54) is 27.8 Å². The Morgan fingerprint density at radius 3 is 2.64 bits per heavy atom. The van der Waals surface area contributed by atoms with E-state index < -0.39 is 0 Å². The first kappa shape index (κ1) is 15.4. The van der Waals surface area contributed by atoms with Gasteiger partial charge in [0.2, 0.25) is 0 Å². The molecule has 0 unspecified atom stereocenters. The van der Waals surface area contributed by atoms with Crippen molar-refractivity contribution in [3.63, 3.8) is 0 Å². The molecule has 0 radical (unpaired) electrons. The molecule has 0 aliphatic rings. The Kier molecular flexibility index (Phi) is 3.94. The number of rotatable bonds is 4. The molecule has 0 saturated carbocycles. The topological polar surface area (TPSA) is 54.9 Å². The third-order valence-corrected chi connectivity index (χ3v) is 4.53. The molecule has 0 aliphatic carbocycles. The highest BCUT2D eigenvalue weighted by molar-refractivity contribution is 5.86. The lowest BCUT2D eigenvalue weighted by atomic mass is 9.96. The molecule has 3 aromatic heterocycles. The highest BCUT2D eigenvalue weighted by atomic mass is 15.0. The number of nitrogens with one attached hydrogen (secondary N) is 3. The van der Waals surface area contributed by atoms with Crippen LogP contribution in [0.3, 0.4) is 0 Å². The number of hydrogen-bond acceptors (Lipinski definition) is 2. The first-order valence-electron chi connectivity index (χ1n) is 8.44. The van der Waals surface area contributed by atoms with Crippen molar-refractivity contribution in [3.8, 4) is 0 Å². The summed E-state index contributed by atoms with van der Waals surface area (Å²) in [4.78, 5) is 11.0. The van der Waals surface area contributed by atoms with E-state index in [-0.39, 0.29) is 6.04 Å². The molecular formula is C21H21N4+. The summed E-state index contributed by atoms with van der Waals surface area (Å²) in [5.41, 5.74) is 5.98. The molecule has 1 aromatic carbocycles. The maximum Gasteiger partial charge on any atom is 0.273 e. The van der Waals surface area contributed by atoms with Crippen LogP contribution in [-0.4, -0.2) is 9.97 Å². The zero-order chi connectivity index (χ0) is 17.2. The Morgan fingerprint density at radius 1 is 1.04 bits per heavy atom. The first-order valence-corrected chi connectivity index (χ1v) is 8.44. The van der Waals surface area contributed by atoms with Crippen LogP contribution in [0.25, 0.3) is 10.9 Å². The number of aromatic amines is 2. The molecule has 25 heavy (non-hydrogen) atoms. The normalized spacial score (nSPS) is 12.2. The average molecular weight is 329 g/mol. The molecule has 0 spiro atoms. The van der Waals surface area contributed by atoms with Gasteiger partial charge in [0.1, 0.15) is 6.04 Å². The zero-order valence-corrected chi connectivity index (χ0v) is 14.4. The lowest BCUT2D eigenvalue weighted by Crippen LogP contribution is -2.19. The van der Waals surface area contributed by atoms with Gasteiger partial charge in [0.05, 0.1) is 6.20 Å². The fourth-order valence-electron chi connectivity index (χ4n) is 3.37. The summed E-state index contributed by atoms with van der Waals surface area (Å²) in [7, 11) is 0. The Morgan fingerprint density at radius 2 is 1.84 bits per heavy atom. The summed E-state index contributed by atoms with van der Waals surface area (Å²) in [6.07, 6.45) is 5.64. The number of fused-ring (bicyclic) bond motifs is 1. The fourth-order valence-corrected chi connectivity index (χ4v) is 3.37. The monoisotopic (exact) mass is 329 g/mol. The molecule has 0 amide bonds. The minimum Gasteiger partial charge on any atom is -0.358 e. The second-order valence-electron chi connectivity index (χ2n) is 6.35. The quantitative estimate of drug-likeness (QED) is 0.590. The number of hydrogen-bond donors (Lipinski definition) is 2. The van der Waals surface area contributed by atoms with Crippen LogP contribution < -0.4 is 10.3 Å². The molecule has 0 bridgehead atoms. The smallest absolute Gasteiger partial charge is 0.273 e. The SMILES string of the molecule is Cc1cc[nH+]c(N[C@@H](c2ccncc2)c2c(C)[nH]c3ccccc23)c1. The van der Waals surface area contributed by atoms with Gasteiger partial charge in [-0.2, -0.15) is 0 Å². The van der Waals surface area contributed by atoms with Crippen molar-refractivity contribution in [2.75, 3.05) is 5.32 Å². The van der Waals surface area contributed by atoms with Gasteiger partial charge < -0.3 is 4.98 Å². The van der Waals surface area contributed by atoms with Crippen molar-refractivity contribution in [2.45, 2.75) is 19.9 Å². The molecular weight excluding hydrogens is 308 g/mol. The lowest BCUT2D eigenvalue weighted by molar-refractivity contribution is -0.361. The third-order valence-electron chi connectivity index (χ3n) is 4.53. The number of H-pyrrole nitrogens is 2. The zero-order valence-electron chi connectivity index (χ0n) is 14.4. The largest absolute Gasteiger partial charge is 0.358 e. The van der Waals surface area contributed by atoms with Crippen LogP contribution in [0.15, 0.2) is 67.1 Å². The predicted molar refractivity (Wildman–Crippen MR) is 100 cm³/mol. The van der Waals surface area contributed by atoms with Crippen molar-refractivity contribution in [1.82, 2.24) is 9.97 Å². The third kappa shape index (κ3) is 2.98. The summed E-state index contributed by atoms with van der Waals surface area (Å²) in [5, 5.41) is 4.91. The Balaban J connectivity index is 1.87. The van der Waals surface area contributed by atoms with Crippen molar-refractivity contribution < 1.29 is 4.98 Å². The summed E-state index contributed by atoms with van der Waals surface area (Å²) in [6.45, 7) is 4.22. The number of aryl methyl sites for hydroxylation is 2. The number of aromatic nitrogens is 3. The summed E-state index contributed by atoms with van der Waals surface area (Å²) < 4.78 is 0. The predicted octanol–water partition coefficient (Wildman–Crippen LogP) is 4.20. The van der Waals surface area contributed by atoms with Crippen LogP contribution in [0.2, 0.25) is 0 Å². The van der Waals surface area contributed by atoms with Crippen molar-refractivity contribution in [1.29, 1.82) is 0 Å². The second kappa shape index (κ2) is 6.40. The molecule has 4 heteroatoms. The van der Waals surface area contributed by atoms with Crippen LogP contribution in [0.4, 0.5) is 5.82 Å². The highest BCUT2D eigenvalue weighted by Gasteiger charge is 2.25. The van der Waals surface area contributed by atoms with Crippen LogP contribution >= 0.6 is 0 Å². The molecule has 124 valence electrons. The number of para-hydroxylation sites is 1. The van der Waals surface area contributed by atoms with E-state index in [1.807, 2.05) is 18.6 Å². The number of anilines is 1. The van der Waals surface area contributed by atoms with E-state index in [0.717, 1.165) is 11.3 Å². The van der Waals surface area contributed by atoms with E-state index in [1.54, 1.807) is 0 Å². The minimum absolute atomic E-state index is 0.0252. The lowest BCUT2D eigenvalue weighted by Gasteiger charge is -2.16. The van der Waals surface area contributed by atoms with E-state index in [9.17, 15) is 0 Å². The molecule has 4 rings (SSSR count). The van der Waals surface area contributed by atoms with Crippen molar-refractivity contribution in [2.24, 2.45) is 0 Å². The number of nitrogens with zero attached hydrogens (tertiary/aromatic N) is 1. The second-order valence-corrected chi connectivity index (χ2v) is 6.35. The van der Waals surface area contributed by atoms with Gasteiger partial charge in [0, 0.05) is 46.2 Å². The number of benzene rings is 1. The summed E-state index contributed by atoms with van der Waals surface area (Å²) >= 11 is 0. The molecule has 3 heterocycles. The molecule has 3 N–H and O–H groups in total. The maximum atomic E-state index is 4.17. The van der Waals surface area contributed by atoms with Crippen LogP contribution in [0.1, 0.15) is 28.4 Å². The molecule has 4 nitrogen and oxygen atoms in total. The molecule has 0 saturated heterocycles. The van der Waals surface area contributed by atoms with E-state index in [0.29, 0.717) is 0 Å². The minimum atomic E-state index is 0.0252. The number of pyridine rings is 2. The molecule has 1 atom stereocenters. The van der Waals surface area contributed by atoms with Gasteiger partial charge in [-0.3, -0.25) is 10.3 Å². The Bertz CT molecular complexity index is 1000. The van der Waals surface area contributed by atoms with Gasteiger partial charge in [0.15, 0.2) is 0 Å². The van der Waals surface area contributed by atoms with E-state index >= 15 is 0 Å². The fraction of sp³-hybridized carbons (Fsp3) is 0.143. The maximum absolute atomic E-state index is 4.17. The standard InChI is InChI=1S/C21H20N4/c1-14-7-12-23-19(13-14)25-21(16-8-10-22-11-9-16)20-15(2)24-18-6-4-3-5-17(18)20/h3-13,21,24H,1-2H3,(H,23,25)/p+1/t21-/m0/s1. The van der Waals surface area contributed by atoms with Crippen molar-refractivity contribution >= 4 is 16.7 Å². The van der Waals surface area contributed by atoms with E-state index in [2.05, 4.69) is 82.6 Å². The average Bonchev–Trinajstić information content (AvgIpc) is 2.96. The van der Waals surface area contributed by atoms with Gasteiger partial charge in [-0.1, -0.05) is 18.2 Å². The first-order chi connectivity index (χ1) is 12.2. The summed E-state index contributed by atoms with van der Waals surface area (Å²) in [6, 6.07) is 16.8. The highest BCUT2D eigenvalue weighted by Crippen LogP contribution is 2.33. The van der Waals surface area contributed by atoms with Gasteiger partial charge in [-0.25, -0.2) is 4.98 Å². The van der Waals surface area contributed by atoms with Gasteiger partial charge in [-0.05, 0) is 43.7 Å². The van der Waals surface area contributed by atoms with Crippen LogP contribution in [0, 0.1) is 13.8 Å². The summed E-state index contributed by atoms with van der Waals surface area (Å²) in [5.74, 6) is 0.992. The van der Waals surface area contributed by atoms with E-state index in [4.69, 9.17) is 0 Å². The Hall–Kier alpha value is -3.14. The van der Waals surface area contributed by atoms with Crippen molar-refractivity contribution in [3.05, 3.63) is 89.5 Å². The van der Waals surface area contributed by atoms with Crippen LogP contribution in [0.5, 0.6) is 0 Å².